The highest BCUT2D eigenvalue weighted by molar-refractivity contribution is 5.35. The van der Waals surface area contributed by atoms with Crippen molar-refractivity contribution in [2.45, 2.75) is 0 Å². The van der Waals surface area contributed by atoms with Gasteiger partial charge in [-0.15, -0.1) is 0 Å². The number of hydrogen-bond acceptors (Lipinski definition) is 4. The Hall–Kier alpha value is -2.50. The largest absolute Gasteiger partial charge is 0.508 e. The van der Waals surface area contributed by atoms with Gasteiger partial charge in [0, 0.05) is 24.3 Å². The monoisotopic (exact) mass is 282 g/mol. The number of ether oxygens (including phenoxy) is 3. The molecule has 0 fully saturated rings. The van der Waals surface area contributed by atoms with Crippen molar-refractivity contribution in [1.29, 1.82) is 0 Å². The zero-order chi connectivity index (χ0) is 14.5. The second-order valence-electron chi connectivity index (χ2n) is 3.85. The molecule has 1 N–H and O–H groups in total. The van der Waals surface area contributed by atoms with Crippen LogP contribution in [0.4, 0.5) is 8.78 Å². The van der Waals surface area contributed by atoms with Crippen LogP contribution in [0.3, 0.4) is 0 Å². The van der Waals surface area contributed by atoms with Crippen molar-refractivity contribution < 1.29 is 28.1 Å². The predicted molar refractivity (Wildman–Crippen MR) is 67.1 cm³/mol. The maximum Gasteiger partial charge on any atom is 0.231 e. The van der Waals surface area contributed by atoms with Gasteiger partial charge in [-0.25, -0.2) is 8.78 Å². The van der Waals surface area contributed by atoms with Crippen LogP contribution in [0.5, 0.6) is 23.0 Å². The fourth-order valence-electron chi connectivity index (χ4n) is 1.51. The van der Waals surface area contributed by atoms with Crippen molar-refractivity contribution in [3.05, 3.63) is 48.0 Å². The molecule has 106 valence electrons. The molecule has 2 aromatic carbocycles. The molecule has 0 saturated carbocycles. The van der Waals surface area contributed by atoms with E-state index in [2.05, 4.69) is 0 Å². The highest BCUT2D eigenvalue weighted by Crippen LogP contribution is 2.24. The van der Waals surface area contributed by atoms with E-state index in [-0.39, 0.29) is 24.0 Å². The topological polar surface area (TPSA) is 47.9 Å². The van der Waals surface area contributed by atoms with Gasteiger partial charge in [0.1, 0.15) is 23.1 Å². The lowest BCUT2D eigenvalue weighted by Gasteiger charge is -2.10. The molecule has 0 aliphatic rings. The maximum absolute atomic E-state index is 13.4. The Morgan fingerprint density at radius 3 is 2.50 bits per heavy atom. The number of hydrogen-bond donors (Lipinski definition) is 1. The van der Waals surface area contributed by atoms with Crippen LogP contribution in [-0.4, -0.2) is 19.0 Å². The first-order valence-electron chi connectivity index (χ1n) is 5.67. The molecule has 6 heteroatoms. The van der Waals surface area contributed by atoms with Crippen molar-refractivity contribution in [3.63, 3.8) is 0 Å². The second kappa shape index (κ2) is 6.10. The highest BCUT2D eigenvalue weighted by Gasteiger charge is 2.06. The first-order valence-corrected chi connectivity index (χ1v) is 5.67. The molecule has 0 saturated heterocycles. The Balaban J connectivity index is 1.99. The second-order valence-corrected chi connectivity index (χ2v) is 3.85. The molecule has 0 aliphatic heterocycles. The number of benzene rings is 2. The lowest BCUT2D eigenvalue weighted by atomic mass is 10.3. The van der Waals surface area contributed by atoms with Gasteiger partial charge in [0.25, 0.3) is 0 Å². The Morgan fingerprint density at radius 1 is 1.00 bits per heavy atom. The summed E-state index contributed by atoms with van der Waals surface area (Å²) in [7, 11) is 1.45. The molecule has 0 unspecified atom stereocenters. The number of phenolic OH excluding ortho intramolecular Hbond substituents is 1. The van der Waals surface area contributed by atoms with Crippen LogP contribution in [-0.2, 0) is 0 Å². The third-order valence-electron chi connectivity index (χ3n) is 2.43. The average Bonchev–Trinajstić information content (AvgIpc) is 2.40. The molecule has 0 heterocycles. The van der Waals surface area contributed by atoms with E-state index in [1.54, 1.807) is 0 Å². The zero-order valence-corrected chi connectivity index (χ0v) is 10.6. The van der Waals surface area contributed by atoms with Crippen molar-refractivity contribution in [2.24, 2.45) is 0 Å². The molecule has 0 radical (unpaired) electrons. The third-order valence-corrected chi connectivity index (χ3v) is 2.43. The summed E-state index contributed by atoms with van der Waals surface area (Å²) >= 11 is 0. The van der Waals surface area contributed by atoms with Gasteiger partial charge in [-0.2, -0.15) is 0 Å². The molecule has 0 aromatic heterocycles. The van der Waals surface area contributed by atoms with E-state index in [0.29, 0.717) is 5.75 Å². The summed E-state index contributed by atoms with van der Waals surface area (Å²) in [5.41, 5.74) is 0. The molecule has 0 bridgehead atoms. The van der Waals surface area contributed by atoms with Crippen LogP contribution >= 0.6 is 0 Å². The quantitative estimate of drug-likeness (QED) is 0.856. The van der Waals surface area contributed by atoms with Gasteiger partial charge in [0.2, 0.25) is 6.79 Å². The zero-order valence-electron chi connectivity index (χ0n) is 10.6. The van der Waals surface area contributed by atoms with Gasteiger partial charge in [-0.1, -0.05) is 0 Å². The molecular weight excluding hydrogens is 270 g/mol. The minimum atomic E-state index is -0.646. The number of aromatic hydroxyl groups is 1. The number of rotatable bonds is 5. The molecule has 0 amide bonds. The van der Waals surface area contributed by atoms with Crippen molar-refractivity contribution in [2.75, 3.05) is 13.9 Å². The Labute approximate surface area is 114 Å². The first kappa shape index (κ1) is 13.9. The van der Waals surface area contributed by atoms with Gasteiger partial charge < -0.3 is 19.3 Å². The van der Waals surface area contributed by atoms with Gasteiger partial charge in [-0.3, -0.25) is 0 Å². The summed E-state index contributed by atoms with van der Waals surface area (Å²) in [4.78, 5) is 0. The first-order chi connectivity index (χ1) is 9.58. The van der Waals surface area contributed by atoms with Gasteiger partial charge in [-0.05, 0) is 12.1 Å². The Kier molecular flexibility index (Phi) is 4.24. The summed E-state index contributed by atoms with van der Waals surface area (Å²) in [5, 5.41) is 9.19. The third kappa shape index (κ3) is 3.50. The van der Waals surface area contributed by atoms with Crippen LogP contribution in [0.1, 0.15) is 0 Å². The van der Waals surface area contributed by atoms with Gasteiger partial charge in [0.15, 0.2) is 11.6 Å². The van der Waals surface area contributed by atoms with E-state index < -0.39 is 11.6 Å². The number of halogens is 2. The lowest BCUT2D eigenvalue weighted by Crippen LogP contribution is -2.07. The fraction of sp³-hybridized carbons (Fsp3) is 0.143. The van der Waals surface area contributed by atoms with Crippen LogP contribution in [0, 0.1) is 11.6 Å². The lowest BCUT2D eigenvalue weighted by molar-refractivity contribution is 0.114. The van der Waals surface area contributed by atoms with Crippen molar-refractivity contribution in [3.8, 4) is 23.0 Å². The van der Waals surface area contributed by atoms with E-state index >= 15 is 0 Å². The molecular formula is C14H12F2O4. The van der Waals surface area contributed by atoms with E-state index in [9.17, 15) is 13.9 Å². The molecule has 2 aromatic rings. The average molecular weight is 282 g/mol. The van der Waals surface area contributed by atoms with Crippen LogP contribution < -0.4 is 14.2 Å². The van der Waals surface area contributed by atoms with Gasteiger partial charge in [0.05, 0.1) is 7.11 Å². The Morgan fingerprint density at radius 2 is 1.80 bits per heavy atom. The number of methoxy groups -OCH3 is 1. The summed E-state index contributed by atoms with van der Waals surface area (Å²) in [6.07, 6.45) is 0. The van der Waals surface area contributed by atoms with E-state index in [1.807, 2.05) is 0 Å². The predicted octanol–water partition coefficient (Wildman–Crippen LogP) is 3.09. The minimum Gasteiger partial charge on any atom is -0.508 e. The molecule has 0 atom stereocenters. The molecule has 4 nitrogen and oxygen atoms in total. The van der Waals surface area contributed by atoms with E-state index in [1.165, 1.54) is 31.4 Å². The maximum atomic E-state index is 13.4. The summed E-state index contributed by atoms with van der Waals surface area (Å²) < 4.78 is 41.5. The van der Waals surface area contributed by atoms with Gasteiger partial charge >= 0.3 is 0 Å². The molecule has 20 heavy (non-hydrogen) atoms. The van der Waals surface area contributed by atoms with Crippen LogP contribution in [0.15, 0.2) is 36.4 Å². The van der Waals surface area contributed by atoms with Crippen molar-refractivity contribution >= 4 is 0 Å². The van der Waals surface area contributed by atoms with E-state index in [0.717, 1.165) is 12.1 Å². The smallest absolute Gasteiger partial charge is 0.231 e. The normalized spacial score (nSPS) is 10.2. The standard InChI is InChI=1S/C14H12F2O4/c1-18-11-2-3-13(16)14(7-11)20-8-19-12-5-9(15)4-10(17)6-12/h2-7,17H,8H2,1H3. The molecule has 0 spiro atoms. The van der Waals surface area contributed by atoms with Crippen LogP contribution in [0.2, 0.25) is 0 Å². The SMILES string of the molecule is COc1ccc(F)c(OCOc2cc(O)cc(F)c2)c1. The summed E-state index contributed by atoms with van der Waals surface area (Å²) in [5.74, 6) is -1.03. The minimum absolute atomic E-state index is 0.0509. The van der Waals surface area contributed by atoms with Crippen molar-refractivity contribution in [1.82, 2.24) is 0 Å². The Bertz CT molecular complexity index is 581. The summed E-state index contributed by atoms with van der Waals surface area (Å²) in [6, 6.07) is 7.24. The molecule has 2 rings (SSSR count). The van der Waals surface area contributed by atoms with Crippen LogP contribution in [0.25, 0.3) is 0 Å². The van der Waals surface area contributed by atoms with E-state index in [4.69, 9.17) is 14.2 Å². The number of phenols is 1. The molecule has 0 aliphatic carbocycles. The fourth-order valence-corrected chi connectivity index (χ4v) is 1.51. The summed E-state index contributed by atoms with van der Waals surface area (Å²) in [6.45, 7) is -0.340. The highest BCUT2D eigenvalue weighted by atomic mass is 19.1.